The van der Waals surface area contributed by atoms with E-state index in [9.17, 15) is 0 Å². The molecule has 2 aliphatic carbocycles. The number of allylic oxidation sites excluding steroid dienone is 5. The third-order valence-corrected chi connectivity index (χ3v) is 6.70. The second-order valence-electron chi connectivity index (χ2n) is 8.13. The molecule has 1 nitrogen and oxygen atoms in total. The molecule has 0 radical (unpaired) electrons. The Morgan fingerprint density at radius 2 is 1.66 bits per heavy atom. The first kappa shape index (κ1) is 16.9. The fraction of sp³-hybridized carbons (Fsp3) is 0.111. The van der Waals surface area contributed by atoms with Crippen molar-refractivity contribution in [1.29, 1.82) is 0 Å². The van der Waals surface area contributed by atoms with Crippen LogP contribution in [0.1, 0.15) is 23.6 Å². The van der Waals surface area contributed by atoms with Gasteiger partial charge in [0.15, 0.2) is 0 Å². The van der Waals surface area contributed by atoms with Crippen LogP contribution in [-0.2, 0) is 5.41 Å². The van der Waals surface area contributed by atoms with Gasteiger partial charge in [-0.3, -0.25) is 0 Å². The molecule has 1 heterocycles. The number of hydrogen-bond donors (Lipinski definition) is 0. The van der Waals surface area contributed by atoms with Crippen molar-refractivity contribution in [2.45, 2.75) is 12.3 Å². The minimum Gasteiger partial charge on any atom is -0.456 e. The van der Waals surface area contributed by atoms with E-state index in [0.29, 0.717) is 0 Å². The van der Waals surface area contributed by atoms with Gasteiger partial charge in [-0.2, -0.15) is 0 Å². The largest absolute Gasteiger partial charge is 0.456 e. The molecule has 3 aromatic carbocycles. The van der Waals surface area contributed by atoms with E-state index in [1.54, 1.807) is 0 Å². The van der Waals surface area contributed by atoms with Crippen molar-refractivity contribution in [3.63, 3.8) is 0 Å². The predicted molar refractivity (Wildman–Crippen MR) is 121 cm³/mol. The average Bonchev–Trinajstić information content (AvgIpc) is 3.12. The van der Waals surface area contributed by atoms with Gasteiger partial charge in [-0.25, -0.2) is 0 Å². The van der Waals surface area contributed by atoms with Crippen molar-refractivity contribution in [1.82, 2.24) is 0 Å². The lowest BCUT2D eigenvalue weighted by molar-refractivity contribution is 0.490. The fourth-order valence-corrected chi connectivity index (χ4v) is 5.06. The van der Waals surface area contributed by atoms with Gasteiger partial charge < -0.3 is 4.42 Å². The molecule has 0 saturated heterocycles. The maximum Gasteiger partial charge on any atom is 0.135 e. The molecule has 140 valence electrons. The molecule has 0 saturated carbocycles. The van der Waals surface area contributed by atoms with Crippen LogP contribution in [0.4, 0.5) is 0 Å². The Morgan fingerprint density at radius 1 is 0.862 bits per heavy atom. The normalized spacial score (nSPS) is 22.9. The lowest BCUT2D eigenvalue weighted by atomic mass is 9.63. The van der Waals surface area contributed by atoms with Gasteiger partial charge in [-0.15, -0.1) is 0 Å². The van der Waals surface area contributed by atoms with E-state index in [4.69, 9.17) is 16.0 Å². The van der Waals surface area contributed by atoms with Crippen molar-refractivity contribution >= 4 is 39.1 Å². The zero-order chi connectivity index (χ0) is 19.6. The summed E-state index contributed by atoms with van der Waals surface area (Å²) in [6.45, 7) is 2.30. The molecule has 29 heavy (non-hydrogen) atoms. The molecule has 0 N–H and O–H groups in total. The Balaban J connectivity index is 1.61. The quantitative estimate of drug-likeness (QED) is 0.324. The summed E-state index contributed by atoms with van der Waals surface area (Å²) in [6.07, 6.45) is 8.82. The van der Waals surface area contributed by atoms with Crippen molar-refractivity contribution in [3.05, 3.63) is 113 Å². The lowest BCUT2D eigenvalue weighted by Crippen LogP contribution is -2.33. The highest BCUT2D eigenvalue weighted by atomic mass is 35.5. The van der Waals surface area contributed by atoms with Crippen LogP contribution in [0.25, 0.3) is 27.5 Å². The van der Waals surface area contributed by atoms with Crippen molar-refractivity contribution in [2.24, 2.45) is 5.92 Å². The topological polar surface area (TPSA) is 13.1 Å². The molecular weight excluding hydrogens is 376 g/mol. The highest BCUT2D eigenvalue weighted by Crippen LogP contribution is 2.48. The zero-order valence-corrected chi connectivity index (χ0v) is 16.8. The molecule has 2 aliphatic rings. The fourth-order valence-electron chi connectivity index (χ4n) is 4.86. The van der Waals surface area contributed by atoms with Crippen molar-refractivity contribution in [3.8, 4) is 0 Å². The molecule has 6 rings (SSSR count). The van der Waals surface area contributed by atoms with E-state index >= 15 is 0 Å². The number of benzene rings is 3. The molecule has 4 aromatic rings. The molecule has 2 heteroatoms. The first-order valence-electron chi connectivity index (χ1n) is 9.93. The molecule has 1 aromatic heterocycles. The van der Waals surface area contributed by atoms with Gasteiger partial charge in [-0.05, 0) is 46.5 Å². The Kier molecular flexibility index (Phi) is 3.48. The van der Waals surface area contributed by atoms with Crippen LogP contribution in [0.5, 0.6) is 0 Å². The highest BCUT2D eigenvalue weighted by molar-refractivity contribution is 6.31. The van der Waals surface area contributed by atoms with E-state index in [2.05, 4.69) is 79.7 Å². The van der Waals surface area contributed by atoms with Gasteiger partial charge in [0.25, 0.3) is 0 Å². The van der Waals surface area contributed by atoms with Gasteiger partial charge in [-0.1, -0.05) is 85.3 Å². The second-order valence-corrected chi connectivity index (χ2v) is 8.56. The van der Waals surface area contributed by atoms with Crippen LogP contribution < -0.4 is 0 Å². The number of fused-ring (bicyclic) bond motifs is 6. The van der Waals surface area contributed by atoms with Crippen LogP contribution in [0, 0.1) is 5.92 Å². The van der Waals surface area contributed by atoms with E-state index in [1.165, 1.54) is 22.3 Å². The van der Waals surface area contributed by atoms with Crippen molar-refractivity contribution in [2.75, 3.05) is 0 Å². The highest BCUT2D eigenvalue weighted by Gasteiger charge is 2.39. The van der Waals surface area contributed by atoms with Gasteiger partial charge in [0.05, 0.1) is 0 Å². The van der Waals surface area contributed by atoms with Crippen LogP contribution in [0.3, 0.4) is 0 Å². The maximum absolute atomic E-state index is 6.38. The monoisotopic (exact) mass is 394 g/mol. The summed E-state index contributed by atoms with van der Waals surface area (Å²) in [6, 6.07) is 23.5. The molecule has 0 aliphatic heterocycles. The zero-order valence-electron chi connectivity index (χ0n) is 16.0. The van der Waals surface area contributed by atoms with Crippen LogP contribution in [-0.4, -0.2) is 0 Å². The summed E-state index contributed by atoms with van der Waals surface area (Å²) in [4.78, 5) is 0. The van der Waals surface area contributed by atoms with Gasteiger partial charge >= 0.3 is 0 Å². The summed E-state index contributed by atoms with van der Waals surface area (Å²) in [5.41, 5.74) is 6.87. The van der Waals surface area contributed by atoms with Crippen LogP contribution in [0.15, 0.2) is 100 Å². The summed E-state index contributed by atoms with van der Waals surface area (Å²) < 4.78 is 6.02. The molecule has 0 amide bonds. The third kappa shape index (κ3) is 2.41. The van der Waals surface area contributed by atoms with Crippen LogP contribution >= 0.6 is 11.6 Å². The van der Waals surface area contributed by atoms with Gasteiger partial charge in [0.1, 0.15) is 11.2 Å². The van der Waals surface area contributed by atoms with Gasteiger partial charge in [0.2, 0.25) is 0 Å². The first-order chi connectivity index (χ1) is 14.1. The number of rotatable bonds is 1. The summed E-state index contributed by atoms with van der Waals surface area (Å²) >= 11 is 6.38. The Morgan fingerprint density at radius 3 is 2.59 bits per heavy atom. The molecule has 2 atom stereocenters. The second kappa shape index (κ2) is 5.98. The van der Waals surface area contributed by atoms with E-state index in [1.807, 2.05) is 18.2 Å². The molecule has 0 spiro atoms. The minimum atomic E-state index is -0.0785. The lowest BCUT2D eigenvalue weighted by Gasteiger charge is -2.40. The summed E-state index contributed by atoms with van der Waals surface area (Å²) in [7, 11) is 0. The summed E-state index contributed by atoms with van der Waals surface area (Å²) in [5.74, 6) is 0.224. The van der Waals surface area contributed by atoms with Gasteiger partial charge in [0, 0.05) is 27.1 Å². The minimum absolute atomic E-state index is 0.0785. The SMILES string of the molecule is CC12C=CC(Cl)=CC1C=C(c1ccc3oc4ccccc4c3c1)c1ccccc12. The maximum atomic E-state index is 6.38. The van der Waals surface area contributed by atoms with Crippen LogP contribution in [0.2, 0.25) is 0 Å². The Hall–Kier alpha value is -3.03. The van der Waals surface area contributed by atoms with E-state index < -0.39 is 0 Å². The van der Waals surface area contributed by atoms with E-state index in [-0.39, 0.29) is 11.3 Å². The number of hydrogen-bond acceptors (Lipinski definition) is 1. The summed E-state index contributed by atoms with van der Waals surface area (Å²) in [5, 5.41) is 3.11. The number of furan rings is 1. The molecule has 0 bridgehead atoms. The Bertz CT molecular complexity index is 1380. The average molecular weight is 395 g/mol. The molecular formula is C27H19ClO. The molecule has 0 fully saturated rings. The number of para-hydroxylation sites is 1. The number of halogens is 1. The van der Waals surface area contributed by atoms with E-state index in [0.717, 1.165) is 27.0 Å². The first-order valence-corrected chi connectivity index (χ1v) is 10.3. The predicted octanol–water partition coefficient (Wildman–Crippen LogP) is 7.60. The smallest absolute Gasteiger partial charge is 0.135 e. The molecule has 2 unspecified atom stereocenters. The Labute approximate surface area is 174 Å². The van der Waals surface area contributed by atoms with Crippen molar-refractivity contribution < 1.29 is 4.42 Å². The third-order valence-electron chi connectivity index (χ3n) is 6.45. The standard InChI is InChI=1S/C27H19ClO/c1-27-13-12-19(28)15-18(27)16-22(20-6-2-4-8-24(20)27)17-10-11-26-23(14-17)21-7-3-5-9-25(21)29-26/h2-16,18H,1H3.